The lowest BCUT2D eigenvalue weighted by Crippen LogP contribution is -2.19. The van der Waals surface area contributed by atoms with E-state index < -0.39 is 29.5 Å². The third kappa shape index (κ3) is 5.57. The zero-order valence-corrected chi connectivity index (χ0v) is 12.5. The van der Waals surface area contributed by atoms with E-state index in [-0.39, 0.29) is 11.6 Å². The summed E-state index contributed by atoms with van der Waals surface area (Å²) in [5.41, 5.74) is -2.59. The monoisotopic (exact) mass is 315 g/mol. The topological polar surface area (TPSA) is 3.24 Å². The number of alkyl halides is 6. The second kappa shape index (κ2) is 7.15. The van der Waals surface area contributed by atoms with E-state index in [0.717, 1.165) is 12.1 Å². The number of nitrogens with zero attached hydrogens (tertiary/aromatic N) is 1. The van der Waals surface area contributed by atoms with Crippen LogP contribution in [-0.2, 0) is 12.4 Å². The lowest BCUT2D eigenvalue weighted by atomic mass is 10.00. The lowest BCUT2D eigenvalue weighted by Gasteiger charge is -2.22. The summed E-state index contributed by atoms with van der Waals surface area (Å²) in [6.45, 7) is 5.54. The highest BCUT2D eigenvalue weighted by molar-refractivity contribution is 5.35. The van der Waals surface area contributed by atoms with Crippen molar-refractivity contribution in [1.82, 2.24) is 4.90 Å². The molecule has 1 unspecified atom stereocenters. The molecule has 0 aliphatic rings. The predicted octanol–water partition coefficient (Wildman–Crippen LogP) is 5.37. The van der Waals surface area contributed by atoms with Gasteiger partial charge in [0.2, 0.25) is 0 Å². The van der Waals surface area contributed by atoms with Crippen LogP contribution in [0.25, 0.3) is 0 Å². The molecule has 0 aliphatic carbocycles. The number of halogens is 6. The summed E-state index contributed by atoms with van der Waals surface area (Å²) in [6.07, 6.45) is -9.61. The van der Waals surface area contributed by atoms with Crippen LogP contribution in [0.3, 0.4) is 0 Å². The number of hydrogen-bond acceptors (Lipinski definition) is 1. The van der Waals surface area contributed by atoms with Gasteiger partial charge in [-0.05, 0) is 44.8 Å². The Hall–Kier alpha value is -1.24. The van der Waals surface area contributed by atoms with Crippen LogP contribution >= 0.6 is 0 Å². The molecule has 0 aromatic heterocycles. The fraction of sp³-hybridized carbons (Fsp3) is 0.571. The Bertz CT molecular complexity index is 416. The molecule has 21 heavy (non-hydrogen) atoms. The Balaban J connectivity index is 0.00000191. The molecule has 0 fully saturated rings. The zero-order valence-electron chi connectivity index (χ0n) is 12.5. The quantitative estimate of drug-likeness (QED) is 0.663. The van der Waals surface area contributed by atoms with Crippen molar-refractivity contribution in [2.24, 2.45) is 0 Å². The van der Waals surface area contributed by atoms with E-state index in [2.05, 4.69) is 0 Å². The first-order valence-electron chi connectivity index (χ1n) is 6.38. The molecule has 0 amide bonds. The fourth-order valence-corrected chi connectivity index (χ4v) is 1.52. The molecule has 0 heterocycles. The molecule has 0 saturated heterocycles. The summed E-state index contributed by atoms with van der Waals surface area (Å²) in [6, 6.07) is 1.08. The minimum Gasteiger partial charge on any atom is -0.303 e. The molecule has 0 N–H and O–H groups in total. The van der Waals surface area contributed by atoms with Gasteiger partial charge in [-0.3, -0.25) is 0 Å². The molecule has 0 radical (unpaired) electrons. The smallest absolute Gasteiger partial charge is 0.303 e. The van der Waals surface area contributed by atoms with Gasteiger partial charge >= 0.3 is 12.4 Å². The number of rotatable bonds is 2. The Morgan fingerprint density at radius 2 is 1.14 bits per heavy atom. The van der Waals surface area contributed by atoms with Crippen molar-refractivity contribution < 1.29 is 26.3 Å². The van der Waals surface area contributed by atoms with E-state index >= 15 is 0 Å². The molecule has 1 atom stereocenters. The van der Waals surface area contributed by atoms with Crippen molar-refractivity contribution in [1.29, 1.82) is 0 Å². The lowest BCUT2D eigenvalue weighted by molar-refractivity contribution is -0.143. The first kappa shape index (κ1) is 19.8. The highest BCUT2D eigenvalue weighted by atomic mass is 19.4. The summed E-state index contributed by atoms with van der Waals surface area (Å²) in [5.74, 6) is 0. The summed E-state index contributed by atoms with van der Waals surface area (Å²) < 4.78 is 75.7. The van der Waals surface area contributed by atoms with E-state index in [9.17, 15) is 26.3 Å². The zero-order chi connectivity index (χ0) is 17.0. The van der Waals surface area contributed by atoms with Crippen LogP contribution < -0.4 is 0 Å². The second-order valence-electron chi connectivity index (χ2n) is 4.48. The Kier molecular flexibility index (Phi) is 6.73. The molecule has 1 aromatic rings. The SMILES string of the molecule is CC.CC(c1cc(C(F)(F)F)cc(C(F)(F)F)c1)N(C)C. The second-order valence-corrected chi connectivity index (χ2v) is 4.48. The van der Waals surface area contributed by atoms with Crippen molar-refractivity contribution in [2.45, 2.75) is 39.2 Å². The number of benzene rings is 1. The number of hydrogen-bond donors (Lipinski definition) is 0. The first-order valence-corrected chi connectivity index (χ1v) is 6.38. The average molecular weight is 315 g/mol. The van der Waals surface area contributed by atoms with Crippen LogP contribution in [0.2, 0.25) is 0 Å². The third-order valence-electron chi connectivity index (χ3n) is 2.87. The van der Waals surface area contributed by atoms with Gasteiger partial charge in [0, 0.05) is 6.04 Å². The molecule has 0 saturated carbocycles. The molecular formula is C14H19F6N. The van der Waals surface area contributed by atoms with Crippen LogP contribution in [0.5, 0.6) is 0 Å². The molecule has 1 aromatic carbocycles. The van der Waals surface area contributed by atoms with Gasteiger partial charge in [-0.2, -0.15) is 26.3 Å². The van der Waals surface area contributed by atoms with Gasteiger partial charge in [0.05, 0.1) is 11.1 Å². The van der Waals surface area contributed by atoms with Crippen molar-refractivity contribution in [3.05, 3.63) is 34.9 Å². The van der Waals surface area contributed by atoms with Gasteiger partial charge in [0.15, 0.2) is 0 Å². The van der Waals surface area contributed by atoms with E-state index in [0.29, 0.717) is 0 Å². The van der Waals surface area contributed by atoms with E-state index in [4.69, 9.17) is 0 Å². The summed E-state index contributed by atoms with van der Waals surface area (Å²) in [4.78, 5) is 1.54. The summed E-state index contributed by atoms with van der Waals surface area (Å²) >= 11 is 0. The van der Waals surface area contributed by atoms with Crippen LogP contribution in [0.15, 0.2) is 18.2 Å². The Labute approximate surface area is 120 Å². The Morgan fingerprint density at radius 1 is 0.810 bits per heavy atom. The van der Waals surface area contributed by atoms with Crippen LogP contribution in [0.1, 0.15) is 43.5 Å². The molecule has 0 bridgehead atoms. The van der Waals surface area contributed by atoms with Gasteiger partial charge < -0.3 is 4.90 Å². The minimum absolute atomic E-state index is 0.0212. The standard InChI is InChI=1S/C12H13F6N.C2H6/c1-7(19(2)3)8-4-9(11(13,14)15)6-10(5-8)12(16,17)18;1-2/h4-7H,1-3H3;1-2H3. The highest BCUT2D eigenvalue weighted by Gasteiger charge is 2.37. The fourth-order valence-electron chi connectivity index (χ4n) is 1.52. The molecule has 0 spiro atoms. The molecule has 122 valence electrons. The van der Waals surface area contributed by atoms with E-state index in [1.807, 2.05) is 13.8 Å². The molecular weight excluding hydrogens is 296 g/mol. The molecule has 0 aliphatic heterocycles. The predicted molar refractivity (Wildman–Crippen MR) is 69.9 cm³/mol. The van der Waals surface area contributed by atoms with Crippen LogP contribution in [0, 0.1) is 0 Å². The van der Waals surface area contributed by atoms with Gasteiger partial charge in [0.1, 0.15) is 0 Å². The maximum atomic E-state index is 12.6. The third-order valence-corrected chi connectivity index (χ3v) is 2.87. The van der Waals surface area contributed by atoms with E-state index in [1.54, 1.807) is 14.1 Å². The maximum Gasteiger partial charge on any atom is 0.416 e. The van der Waals surface area contributed by atoms with Crippen molar-refractivity contribution >= 4 is 0 Å². The normalized spacial score (nSPS) is 13.7. The van der Waals surface area contributed by atoms with Crippen LogP contribution in [-0.4, -0.2) is 19.0 Å². The van der Waals surface area contributed by atoms with Crippen LogP contribution in [0.4, 0.5) is 26.3 Å². The van der Waals surface area contributed by atoms with Crippen molar-refractivity contribution in [2.75, 3.05) is 14.1 Å². The van der Waals surface area contributed by atoms with Gasteiger partial charge in [-0.15, -0.1) is 0 Å². The maximum absolute atomic E-state index is 12.6. The largest absolute Gasteiger partial charge is 0.416 e. The highest BCUT2D eigenvalue weighted by Crippen LogP contribution is 2.37. The molecule has 1 rings (SSSR count). The van der Waals surface area contributed by atoms with Gasteiger partial charge in [-0.1, -0.05) is 13.8 Å². The summed E-state index contributed by atoms with van der Waals surface area (Å²) in [5, 5.41) is 0. The average Bonchev–Trinajstić information content (AvgIpc) is 2.37. The van der Waals surface area contributed by atoms with Crippen molar-refractivity contribution in [3.63, 3.8) is 0 Å². The molecule has 1 nitrogen and oxygen atoms in total. The summed E-state index contributed by atoms with van der Waals surface area (Å²) in [7, 11) is 3.16. The first-order chi connectivity index (χ1) is 9.43. The minimum atomic E-state index is -4.80. The Morgan fingerprint density at radius 3 is 1.38 bits per heavy atom. The van der Waals surface area contributed by atoms with E-state index in [1.165, 1.54) is 11.8 Å². The molecule has 7 heteroatoms. The van der Waals surface area contributed by atoms with Crippen molar-refractivity contribution in [3.8, 4) is 0 Å². The van der Waals surface area contributed by atoms with Gasteiger partial charge in [0.25, 0.3) is 0 Å². The van der Waals surface area contributed by atoms with Gasteiger partial charge in [-0.25, -0.2) is 0 Å².